The zero-order valence-electron chi connectivity index (χ0n) is 17.4. The predicted octanol–water partition coefficient (Wildman–Crippen LogP) is 5.54. The Morgan fingerprint density at radius 1 is 1.03 bits per heavy atom. The lowest BCUT2D eigenvalue weighted by atomic mass is 9.80. The highest BCUT2D eigenvalue weighted by Gasteiger charge is 2.29. The number of methoxy groups -OCH3 is 1. The minimum Gasteiger partial charge on any atom is -0.465 e. The molecule has 0 N–H and O–H groups in total. The molecule has 154 valence electrons. The van der Waals surface area contributed by atoms with Crippen molar-refractivity contribution in [1.29, 1.82) is 0 Å². The average molecular weight is 412 g/mol. The Bertz CT molecular complexity index is 1290. The van der Waals surface area contributed by atoms with E-state index in [2.05, 4.69) is 0 Å². The summed E-state index contributed by atoms with van der Waals surface area (Å²) in [5, 5.41) is 4.80. The number of halogens is 1. The lowest BCUT2D eigenvalue weighted by molar-refractivity contribution is 0.0600. The van der Waals surface area contributed by atoms with Gasteiger partial charge in [0.25, 0.3) is 0 Å². The number of carbonyl (C=O) groups is 1. The highest BCUT2D eigenvalue weighted by atomic mass is 19.1. The van der Waals surface area contributed by atoms with Crippen molar-refractivity contribution in [2.45, 2.75) is 19.8 Å². The van der Waals surface area contributed by atoms with Gasteiger partial charge >= 0.3 is 5.97 Å². The first-order valence-corrected chi connectivity index (χ1v) is 10.2. The Hall–Kier alpha value is -3.73. The first-order chi connectivity index (χ1) is 15.1. The highest BCUT2D eigenvalue weighted by Crippen LogP contribution is 2.43. The Labute approximate surface area is 179 Å². The fraction of sp³-hybridized carbons (Fsp3) is 0.154. The SMILES string of the molecule is COC(=O)c1c(C)cc(-c2ccc(F)cc2)c2c1-c1cn(-c3ccccc3)nc1CC2. The van der Waals surface area contributed by atoms with Crippen molar-refractivity contribution in [3.05, 3.63) is 95.1 Å². The van der Waals surface area contributed by atoms with Gasteiger partial charge < -0.3 is 4.74 Å². The van der Waals surface area contributed by atoms with Crippen LogP contribution in [-0.4, -0.2) is 22.9 Å². The quantitative estimate of drug-likeness (QED) is 0.415. The molecule has 0 unspecified atom stereocenters. The highest BCUT2D eigenvalue weighted by molar-refractivity contribution is 6.02. The molecule has 4 aromatic rings. The molecule has 0 saturated carbocycles. The minimum atomic E-state index is -0.361. The van der Waals surface area contributed by atoms with E-state index in [0.29, 0.717) is 5.56 Å². The smallest absolute Gasteiger partial charge is 0.338 e. The third kappa shape index (κ3) is 3.22. The fourth-order valence-electron chi connectivity index (χ4n) is 4.43. The van der Waals surface area contributed by atoms with E-state index in [-0.39, 0.29) is 11.8 Å². The molecular formula is C26H21FN2O2. The summed E-state index contributed by atoms with van der Waals surface area (Å²) in [6.45, 7) is 1.91. The van der Waals surface area contributed by atoms with Crippen molar-refractivity contribution in [2.75, 3.05) is 7.11 Å². The molecule has 0 spiro atoms. The van der Waals surface area contributed by atoms with Crippen molar-refractivity contribution in [2.24, 2.45) is 0 Å². The summed E-state index contributed by atoms with van der Waals surface area (Å²) in [4.78, 5) is 12.8. The van der Waals surface area contributed by atoms with Gasteiger partial charge in [0.1, 0.15) is 5.82 Å². The maximum absolute atomic E-state index is 13.5. The van der Waals surface area contributed by atoms with Crippen LogP contribution < -0.4 is 0 Å². The Morgan fingerprint density at radius 3 is 2.48 bits per heavy atom. The monoisotopic (exact) mass is 412 g/mol. The summed E-state index contributed by atoms with van der Waals surface area (Å²) in [7, 11) is 1.40. The van der Waals surface area contributed by atoms with Gasteiger partial charge in [-0.2, -0.15) is 5.10 Å². The van der Waals surface area contributed by atoms with Gasteiger partial charge in [0, 0.05) is 17.3 Å². The van der Waals surface area contributed by atoms with Gasteiger partial charge in [-0.15, -0.1) is 0 Å². The van der Waals surface area contributed by atoms with Gasteiger partial charge in [-0.1, -0.05) is 36.4 Å². The van der Waals surface area contributed by atoms with Crippen LogP contribution in [0, 0.1) is 12.7 Å². The van der Waals surface area contributed by atoms with Gasteiger partial charge in [-0.3, -0.25) is 0 Å². The molecule has 1 aliphatic rings. The molecule has 0 fully saturated rings. The van der Waals surface area contributed by atoms with Crippen LogP contribution in [0.25, 0.3) is 27.9 Å². The summed E-state index contributed by atoms with van der Waals surface area (Å²) in [6.07, 6.45) is 3.49. The Balaban J connectivity index is 1.77. The number of esters is 1. The van der Waals surface area contributed by atoms with Crippen LogP contribution in [0.3, 0.4) is 0 Å². The molecule has 0 aliphatic heterocycles. The average Bonchev–Trinajstić information content (AvgIpc) is 3.24. The molecule has 5 heteroatoms. The lowest BCUT2D eigenvalue weighted by Crippen LogP contribution is -2.13. The van der Waals surface area contributed by atoms with Gasteiger partial charge in [-0.05, 0) is 66.3 Å². The van der Waals surface area contributed by atoms with Gasteiger partial charge in [0.05, 0.1) is 24.1 Å². The van der Waals surface area contributed by atoms with Crippen LogP contribution >= 0.6 is 0 Å². The second kappa shape index (κ2) is 7.51. The van der Waals surface area contributed by atoms with Crippen LogP contribution in [0.2, 0.25) is 0 Å². The summed E-state index contributed by atoms with van der Waals surface area (Å²) in [6, 6.07) is 18.4. The molecule has 3 aromatic carbocycles. The molecule has 5 rings (SSSR count). The second-order valence-corrected chi connectivity index (χ2v) is 7.74. The molecule has 0 bridgehead atoms. The number of hydrogen-bond donors (Lipinski definition) is 0. The van der Waals surface area contributed by atoms with E-state index in [1.54, 1.807) is 12.1 Å². The number of nitrogens with zero attached hydrogens (tertiary/aromatic N) is 2. The molecule has 0 amide bonds. The van der Waals surface area contributed by atoms with Gasteiger partial charge in [0.15, 0.2) is 0 Å². The molecule has 1 heterocycles. The Morgan fingerprint density at radius 2 is 1.77 bits per heavy atom. The lowest BCUT2D eigenvalue weighted by Gasteiger charge is -2.23. The van der Waals surface area contributed by atoms with Crippen molar-refractivity contribution in [3.63, 3.8) is 0 Å². The van der Waals surface area contributed by atoms with E-state index in [1.165, 1.54) is 19.2 Å². The molecule has 31 heavy (non-hydrogen) atoms. The molecule has 4 nitrogen and oxygen atoms in total. The fourth-order valence-corrected chi connectivity index (χ4v) is 4.43. The summed E-state index contributed by atoms with van der Waals surface area (Å²) in [5.41, 5.74) is 8.13. The maximum Gasteiger partial charge on any atom is 0.338 e. The van der Waals surface area contributed by atoms with E-state index in [9.17, 15) is 9.18 Å². The van der Waals surface area contributed by atoms with E-state index in [4.69, 9.17) is 9.84 Å². The van der Waals surface area contributed by atoms with Crippen LogP contribution in [-0.2, 0) is 17.6 Å². The largest absolute Gasteiger partial charge is 0.465 e. The van der Waals surface area contributed by atoms with Crippen molar-refractivity contribution in [1.82, 2.24) is 9.78 Å². The predicted molar refractivity (Wildman–Crippen MR) is 118 cm³/mol. The van der Waals surface area contributed by atoms with E-state index < -0.39 is 0 Å². The molecule has 0 atom stereocenters. The van der Waals surface area contributed by atoms with E-state index >= 15 is 0 Å². The van der Waals surface area contributed by atoms with Crippen LogP contribution in [0.1, 0.15) is 27.2 Å². The maximum atomic E-state index is 13.5. The number of para-hydroxylation sites is 1. The van der Waals surface area contributed by atoms with Crippen LogP contribution in [0.5, 0.6) is 0 Å². The summed E-state index contributed by atoms with van der Waals surface area (Å²) in [5.74, 6) is -0.633. The number of aryl methyl sites for hydroxylation is 2. The summed E-state index contributed by atoms with van der Waals surface area (Å²) >= 11 is 0. The number of aromatic nitrogens is 2. The van der Waals surface area contributed by atoms with E-state index in [0.717, 1.165) is 57.6 Å². The first kappa shape index (κ1) is 19.2. The van der Waals surface area contributed by atoms with Crippen LogP contribution in [0.4, 0.5) is 4.39 Å². The first-order valence-electron chi connectivity index (χ1n) is 10.2. The minimum absolute atomic E-state index is 0.271. The normalized spacial score (nSPS) is 12.2. The van der Waals surface area contributed by atoms with Gasteiger partial charge in [0.2, 0.25) is 0 Å². The third-order valence-corrected chi connectivity index (χ3v) is 5.87. The van der Waals surface area contributed by atoms with Crippen molar-refractivity contribution < 1.29 is 13.9 Å². The zero-order valence-corrected chi connectivity index (χ0v) is 17.4. The number of fused-ring (bicyclic) bond motifs is 3. The molecule has 1 aliphatic carbocycles. The second-order valence-electron chi connectivity index (χ2n) is 7.74. The molecule has 0 saturated heterocycles. The summed E-state index contributed by atoms with van der Waals surface area (Å²) < 4.78 is 20.5. The number of ether oxygens (including phenoxy) is 1. The number of rotatable bonds is 3. The zero-order chi connectivity index (χ0) is 21.5. The molecular weight excluding hydrogens is 391 g/mol. The topological polar surface area (TPSA) is 44.1 Å². The number of benzene rings is 3. The molecule has 0 radical (unpaired) electrons. The Kier molecular flexibility index (Phi) is 4.66. The number of hydrogen-bond acceptors (Lipinski definition) is 3. The standard InChI is InChI=1S/C26H21FN2O2/c1-16-14-21(17-8-10-18(27)11-9-17)20-12-13-23-22(25(20)24(16)26(30)31-2)15-29(28-23)19-6-4-3-5-7-19/h3-11,14-15H,12-13H2,1-2H3. The van der Waals surface area contributed by atoms with Crippen molar-refractivity contribution >= 4 is 5.97 Å². The molecule has 1 aromatic heterocycles. The number of carbonyl (C=O) groups excluding carboxylic acids is 1. The third-order valence-electron chi connectivity index (χ3n) is 5.87. The van der Waals surface area contributed by atoms with Crippen molar-refractivity contribution in [3.8, 4) is 27.9 Å². The van der Waals surface area contributed by atoms with E-state index in [1.807, 2.05) is 54.2 Å². The van der Waals surface area contributed by atoms with Crippen LogP contribution in [0.15, 0.2) is 66.9 Å². The van der Waals surface area contributed by atoms with Gasteiger partial charge in [-0.25, -0.2) is 13.9 Å².